The molecule has 2 amide bonds. The van der Waals surface area contributed by atoms with Gasteiger partial charge in [-0.1, -0.05) is 23.9 Å². The fourth-order valence-corrected chi connectivity index (χ4v) is 6.27. The highest BCUT2D eigenvalue weighted by Crippen LogP contribution is 2.42. The summed E-state index contributed by atoms with van der Waals surface area (Å²) in [6.45, 7) is -0.566. The number of rotatable bonds is 6. The summed E-state index contributed by atoms with van der Waals surface area (Å²) in [7, 11) is 1.70. The van der Waals surface area contributed by atoms with Crippen LogP contribution < -0.4 is 5.32 Å². The minimum absolute atomic E-state index is 0.327. The molecule has 5 rings (SSSR count). The molecule has 1 aromatic carbocycles. The summed E-state index contributed by atoms with van der Waals surface area (Å²) >= 11 is 3.09. The van der Waals surface area contributed by atoms with Gasteiger partial charge in [0.25, 0.3) is 11.8 Å². The summed E-state index contributed by atoms with van der Waals surface area (Å²) in [5, 5.41) is 4.09. The second-order valence-corrected chi connectivity index (χ2v) is 9.89. The van der Waals surface area contributed by atoms with Crippen molar-refractivity contribution in [1.29, 1.82) is 0 Å². The Morgan fingerprint density at radius 1 is 1.15 bits per heavy atom. The molecular formula is C24H20N4O4S2. The van der Waals surface area contributed by atoms with E-state index in [0.717, 1.165) is 34.5 Å². The lowest BCUT2D eigenvalue weighted by Crippen LogP contribution is -2.35. The lowest BCUT2D eigenvalue weighted by molar-refractivity contribution is -0.123. The number of imide groups is 1. The lowest BCUT2D eigenvalue weighted by Gasteiger charge is -2.10. The van der Waals surface area contributed by atoms with E-state index in [1.54, 1.807) is 59.7 Å². The summed E-state index contributed by atoms with van der Waals surface area (Å²) in [4.78, 5) is 49.0. The topological polar surface area (TPSA) is 103 Å². The third kappa shape index (κ3) is 4.34. The predicted molar refractivity (Wildman–Crippen MR) is 128 cm³/mol. The number of benzene rings is 1. The minimum Gasteiger partial charge on any atom is -0.452 e. The number of carbonyl (C=O) groups excluding carboxylic acids is 3. The van der Waals surface area contributed by atoms with Gasteiger partial charge in [0.05, 0.1) is 5.56 Å². The maximum atomic E-state index is 12.8. The number of hydrogen-bond acceptors (Lipinski definition) is 8. The van der Waals surface area contributed by atoms with E-state index in [-0.39, 0.29) is 0 Å². The van der Waals surface area contributed by atoms with E-state index >= 15 is 0 Å². The van der Waals surface area contributed by atoms with Crippen LogP contribution in [0.4, 0.5) is 0 Å². The molecule has 1 aliphatic rings. The maximum Gasteiger partial charge on any atom is 0.339 e. The first-order valence-electron chi connectivity index (χ1n) is 10.7. The fraction of sp³-hybridized carbons (Fsp3) is 0.208. The molecule has 0 fully saturated rings. The van der Waals surface area contributed by atoms with Crippen molar-refractivity contribution in [3.8, 4) is 0 Å². The molecule has 0 atom stereocenters. The van der Waals surface area contributed by atoms with E-state index in [4.69, 9.17) is 4.74 Å². The van der Waals surface area contributed by atoms with Crippen LogP contribution in [0.5, 0.6) is 0 Å². The van der Waals surface area contributed by atoms with Crippen molar-refractivity contribution >= 4 is 51.1 Å². The van der Waals surface area contributed by atoms with E-state index in [1.807, 2.05) is 12.1 Å². The van der Waals surface area contributed by atoms with Crippen molar-refractivity contribution in [3.05, 3.63) is 70.6 Å². The van der Waals surface area contributed by atoms with E-state index in [0.29, 0.717) is 16.2 Å². The smallest absolute Gasteiger partial charge is 0.339 e. The van der Waals surface area contributed by atoms with Crippen LogP contribution in [0.3, 0.4) is 0 Å². The van der Waals surface area contributed by atoms with E-state index in [1.165, 1.54) is 22.2 Å². The first kappa shape index (κ1) is 22.3. The molecule has 0 saturated heterocycles. The highest BCUT2D eigenvalue weighted by molar-refractivity contribution is 7.99. The standard InChI is InChI=1S/C24H20N4O4S2/c1-28-11-5-8-16(28)21(30)27-19(29)12-32-24(31)15-6-2-3-9-18(15)34-23-20-14-7-4-10-17(14)33-22(20)25-13-26-23/h2-3,5-6,8-9,11,13H,4,7,10,12H2,1H3,(H,27,29,30). The third-order valence-corrected chi connectivity index (χ3v) is 7.82. The highest BCUT2D eigenvalue weighted by Gasteiger charge is 2.23. The van der Waals surface area contributed by atoms with E-state index < -0.39 is 24.4 Å². The number of hydrogen-bond donors (Lipinski definition) is 1. The molecule has 0 aliphatic heterocycles. The average Bonchev–Trinajstić information content (AvgIpc) is 3.54. The molecule has 1 N–H and O–H groups in total. The van der Waals surface area contributed by atoms with Crippen molar-refractivity contribution < 1.29 is 19.1 Å². The number of aromatic nitrogens is 3. The van der Waals surface area contributed by atoms with Crippen LogP contribution in [0.1, 0.15) is 37.7 Å². The van der Waals surface area contributed by atoms with E-state index in [2.05, 4.69) is 15.3 Å². The Labute approximate surface area is 203 Å². The molecule has 34 heavy (non-hydrogen) atoms. The second-order valence-electron chi connectivity index (χ2n) is 7.77. The molecule has 3 heterocycles. The van der Waals surface area contributed by atoms with Crippen LogP contribution in [0.25, 0.3) is 10.2 Å². The number of thiophene rings is 1. The number of ether oxygens (including phenoxy) is 1. The zero-order valence-corrected chi connectivity index (χ0v) is 19.9. The van der Waals surface area contributed by atoms with Gasteiger partial charge in [-0.25, -0.2) is 14.8 Å². The zero-order valence-electron chi connectivity index (χ0n) is 18.2. The minimum atomic E-state index is -0.698. The first-order valence-corrected chi connectivity index (χ1v) is 12.3. The molecular weight excluding hydrogens is 472 g/mol. The van der Waals surface area contributed by atoms with Crippen LogP contribution in [0, 0.1) is 0 Å². The number of fused-ring (bicyclic) bond motifs is 3. The van der Waals surface area contributed by atoms with Crippen LogP contribution in [-0.2, 0) is 29.4 Å². The summed E-state index contributed by atoms with van der Waals surface area (Å²) in [6, 6.07) is 10.3. The van der Waals surface area contributed by atoms with E-state index in [9.17, 15) is 14.4 Å². The molecule has 10 heteroatoms. The van der Waals surface area contributed by atoms with Gasteiger partial charge in [-0.15, -0.1) is 11.3 Å². The van der Waals surface area contributed by atoms with Crippen LogP contribution >= 0.6 is 23.1 Å². The number of carbonyl (C=O) groups is 3. The largest absolute Gasteiger partial charge is 0.452 e. The highest BCUT2D eigenvalue weighted by atomic mass is 32.2. The Balaban J connectivity index is 1.29. The van der Waals surface area contributed by atoms with Gasteiger partial charge >= 0.3 is 5.97 Å². The Hall–Kier alpha value is -3.50. The summed E-state index contributed by atoms with van der Waals surface area (Å²) < 4.78 is 6.80. The van der Waals surface area contributed by atoms with Gasteiger partial charge in [0.2, 0.25) is 0 Å². The Morgan fingerprint density at radius 2 is 2.00 bits per heavy atom. The third-order valence-electron chi connectivity index (χ3n) is 5.54. The fourth-order valence-electron chi connectivity index (χ4n) is 3.94. The van der Waals surface area contributed by atoms with Crippen molar-refractivity contribution in [2.75, 3.05) is 6.61 Å². The predicted octanol–water partition coefficient (Wildman–Crippen LogP) is 3.78. The van der Waals surface area contributed by atoms with Gasteiger partial charge in [0.15, 0.2) is 6.61 Å². The molecule has 3 aromatic heterocycles. The normalized spacial score (nSPS) is 12.5. The summed E-state index contributed by atoms with van der Waals surface area (Å²) in [6.07, 6.45) is 6.46. The second kappa shape index (κ2) is 9.40. The molecule has 0 radical (unpaired) electrons. The number of nitrogens with one attached hydrogen (secondary N) is 1. The Bertz CT molecular complexity index is 1430. The summed E-state index contributed by atoms with van der Waals surface area (Å²) in [5.74, 6) is -1.90. The van der Waals surface area contributed by atoms with Gasteiger partial charge in [-0.2, -0.15) is 0 Å². The van der Waals surface area contributed by atoms with Gasteiger partial charge in [-0.3, -0.25) is 14.9 Å². The van der Waals surface area contributed by atoms with Crippen LogP contribution in [-0.4, -0.2) is 38.9 Å². The van der Waals surface area contributed by atoms with Gasteiger partial charge in [0.1, 0.15) is 21.9 Å². The van der Waals surface area contributed by atoms with Crippen molar-refractivity contribution in [3.63, 3.8) is 0 Å². The zero-order chi connectivity index (χ0) is 23.7. The van der Waals surface area contributed by atoms with Gasteiger partial charge < -0.3 is 9.30 Å². The first-order chi connectivity index (χ1) is 16.5. The lowest BCUT2D eigenvalue weighted by atomic mass is 10.2. The molecule has 0 spiro atoms. The van der Waals surface area contributed by atoms with Crippen molar-refractivity contribution in [1.82, 2.24) is 19.9 Å². The molecule has 4 aromatic rings. The van der Waals surface area contributed by atoms with Gasteiger partial charge in [0, 0.05) is 28.4 Å². The van der Waals surface area contributed by atoms with Gasteiger partial charge in [-0.05, 0) is 49.1 Å². The quantitative estimate of drug-likeness (QED) is 0.323. The molecule has 172 valence electrons. The molecule has 0 unspecified atom stereocenters. The summed E-state index contributed by atoms with van der Waals surface area (Å²) in [5.41, 5.74) is 1.97. The number of aryl methyl sites for hydroxylation is 3. The monoisotopic (exact) mass is 492 g/mol. The molecule has 0 saturated carbocycles. The van der Waals surface area contributed by atoms with Crippen LogP contribution in [0.15, 0.2) is 58.8 Å². The SMILES string of the molecule is Cn1cccc1C(=O)NC(=O)COC(=O)c1ccccc1Sc1ncnc2sc3c(c12)CCC3. The number of esters is 1. The van der Waals surface area contributed by atoms with Crippen molar-refractivity contribution in [2.45, 2.75) is 29.2 Å². The van der Waals surface area contributed by atoms with Crippen molar-refractivity contribution in [2.24, 2.45) is 7.05 Å². The molecule has 1 aliphatic carbocycles. The molecule has 8 nitrogen and oxygen atoms in total. The van der Waals surface area contributed by atoms with Crippen LogP contribution in [0.2, 0.25) is 0 Å². The maximum absolute atomic E-state index is 12.8. The Morgan fingerprint density at radius 3 is 2.82 bits per heavy atom. The number of nitrogens with zero attached hydrogens (tertiary/aromatic N) is 3. The Kier molecular flexibility index (Phi) is 6.16. The average molecular weight is 493 g/mol. The molecule has 0 bridgehead atoms. The number of amides is 2.